The van der Waals surface area contributed by atoms with Crippen LogP contribution in [0.2, 0.25) is 0 Å². The molecule has 0 spiro atoms. The van der Waals surface area contributed by atoms with Crippen LogP contribution in [0.4, 0.5) is 0 Å². The maximum atomic E-state index is 4.77. The van der Waals surface area contributed by atoms with Crippen molar-refractivity contribution in [1.29, 1.82) is 0 Å². The monoisotopic (exact) mass is 290 g/mol. The van der Waals surface area contributed by atoms with Crippen molar-refractivity contribution in [2.75, 3.05) is 27.2 Å². The Kier molecular flexibility index (Phi) is 5.33. The second kappa shape index (κ2) is 6.84. The maximum Gasteiger partial charge on any atom is 0.129 e. The van der Waals surface area contributed by atoms with Gasteiger partial charge in [0.25, 0.3) is 0 Å². The van der Waals surface area contributed by atoms with Crippen LogP contribution in [-0.4, -0.2) is 47.6 Å². The molecule has 0 aromatic carbocycles. The largest absolute Gasteiger partial charge is 0.312 e. The Morgan fingerprint density at radius 1 is 1.33 bits per heavy atom. The Morgan fingerprint density at radius 2 is 2.10 bits per heavy atom. The first-order chi connectivity index (χ1) is 9.83. The molecule has 1 aliphatic carbocycles. The van der Waals surface area contributed by atoms with Crippen molar-refractivity contribution in [2.45, 2.75) is 52.0 Å². The highest BCUT2D eigenvalue weighted by Gasteiger charge is 2.22. The normalized spacial score (nSPS) is 18.9. The van der Waals surface area contributed by atoms with Crippen LogP contribution in [-0.2, 0) is 19.3 Å². The first kappa shape index (κ1) is 16.4. The second-order valence-corrected chi connectivity index (χ2v) is 7.55. The van der Waals surface area contributed by atoms with Crippen molar-refractivity contribution in [2.24, 2.45) is 5.92 Å². The average molecular weight is 290 g/mol. The van der Waals surface area contributed by atoms with Gasteiger partial charge in [-0.15, -0.1) is 0 Å². The number of fused-ring (bicyclic) bond motifs is 1. The van der Waals surface area contributed by atoms with Gasteiger partial charge in [0.2, 0.25) is 0 Å². The molecule has 1 heterocycles. The van der Waals surface area contributed by atoms with Crippen LogP contribution in [0.1, 0.15) is 44.3 Å². The van der Waals surface area contributed by atoms with Crippen molar-refractivity contribution >= 4 is 0 Å². The SMILES string of the molecule is CN(C)CCc1ncc2c(n1)CCC(CNC(C)(C)C)C2. The Morgan fingerprint density at radius 3 is 2.76 bits per heavy atom. The highest BCUT2D eigenvalue weighted by Crippen LogP contribution is 2.24. The lowest BCUT2D eigenvalue weighted by Crippen LogP contribution is -2.40. The van der Waals surface area contributed by atoms with E-state index < -0.39 is 0 Å². The molecule has 1 atom stereocenters. The molecule has 118 valence electrons. The van der Waals surface area contributed by atoms with Crippen molar-refractivity contribution < 1.29 is 0 Å². The molecule has 0 amide bonds. The first-order valence-corrected chi connectivity index (χ1v) is 8.07. The zero-order valence-corrected chi connectivity index (χ0v) is 14.2. The summed E-state index contributed by atoms with van der Waals surface area (Å²) in [5.41, 5.74) is 2.84. The molecule has 4 nitrogen and oxygen atoms in total. The predicted octanol–water partition coefficient (Wildman–Crippen LogP) is 2.07. The Bertz CT molecular complexity index is 462. The summed E-state index contributed by atoms with van der Waals surface area (Å²) < 4.78 is 0. The number of hydrogen-bond donors (Lipinski definition) is 1. The highest BCUT2D eigenvalue weighted by molar-refractivity contribution is 5.21. The predicted molar refractivity (Wildman–Crippen MR) is 87.6 cm³/mol. The Hall–Kier alpha value is -1.00. The first-order valence-electron chi connectivity index (χ1n) is 8.07. The minimum Gasteiger partial charge on any atom is -0.312 e. The number of nitrogens with one attached hydrogen (secondary N) is 1. The van der Waals surface area contributed by atoms with Gasteiger partial charge in [0.1, 0.15) is 5.82 Å². The molecule has 0 saturated heterocycles. The van der Waals surface area contributed by atoms with Crippen LogP contribution >= 0.6 is 0 Å². The molecule has 1 aromatic heterocycles. The van der Waals surface area contributed by atoms with E-state index >= 15 is 0 Å². The molecule has 1 unspecified atom stereocenters. The minimum atomic E-state index is 0.201. The molecular weight excluding hydrogens is 260 g/mol. The fourth-order valence-electron chi connectivity index (χ4n) is 2.69. The number of nitrogens with zero attached hydrogens (tertiary/aromatic N) is 3. The van der Waals surface area contributed by atoms with Gasteiger partial charge in [-0.3, -0.25) is 0 Å². The standard InChI is InChI=1S/C17H30N4/c1-17(2,3)19-11-13-6-7-15-14(10-13)12-18-16(20-15)8-9-21(4)5/h12-13,19H,6-11H2,1-5H3. The number of likely N-dealkylation sites (N-methyl/N-ethyl adjacent to an activating group) is 1. The Balaban J connectivity index is 1.93. The van der Waals surface area contributed by atoms with Gasteiger partial charge in [-0.05, 0) is 72.2 Å². The van der Waals surface area contributed by atoms with Crippen molar-refractivity contribution in [1.82, 2.24) is 20.2 Å². The van der Waals surface area contributed by atoms with E-state index in [1.807, 2.05) is 0 Å². The van der Waals surface area contributed by atoms with Crippen LogP contribution in [0.25, 0.3) is 0 Å². The van der Waals surface area contributed by atoms with E-state index in [9.17, 15) is 0 Å². The molecule has 1 aromatic rings. The highest BCUT2D eigenvalue weighted by atomic mass is 15.1. The van der Waals surface area contributed by atoms with Crippen LogP contribution in [0, 0.1) is 5.92 Å². The summed E-state index contributed by atoms with van der Waals surface area (Å²) in [7, 11) is 4.18. The van der Waals surface area contributed by atoms with E-state index in [2.05, 4.69) is 56.3 Å². The van der Waals surface area contributed by atoms with Gasteiger partial charge >= 0.3 is 0 Å². The van der Waals surface area contributed by atoms with E-state index in [0.29, 0.717) is 5.92 Å². The third-order valence-electron chi connectivity index (χ3n) is 4.01. The van der Waals surface area contributed by atoms with Crippen molar-refractivity contribution in [3.8, 4) is 0 Å². The van der Waals surface area contributed by atoms with Gasteiger partial charge in [0.15, 0.2) is 0 Å². The molecule has 1 N–H and O–H groups in total. The van der Waals surface area contributed by atoms with Gasteiger partial charge in [-0.2, -0.15) is 0 Å². The zero-order chi connectivity index (χ0) is 15.5. The lowest BCUT2D eigenvalue weighted by atomic mass is 9.86. The topological polar surface area (TPSA) is 41.1 Å². The van der Waals surface area contributed by atoms with Crippen LogP contribution < -0.4 is 5.32 Å². The van der Waals surface area contributed by atoms with Gasteiger partial charge < -0.3 is 10.2 Å². The summed E-state index contributed by atoms with van der Waals surface area (Å²) in [6, 6.07) is 0. The summed E-state index contributed by atoms with van der Waals surface area (Å²) in [5, 5.41) is 3.62. The second-order valence-electron chi connectivity index (χ2n) is 7.55. The summed E-state index contributed by atoms with van der Waals surface area (Å²) in [6.07, 6.45) is 6.46. The van der Waals surface area contributed by atoms with Gasteiger partial charge in [-0.25, -0.2) is 9.97 Å². The van der Waals surface area contributed by atoms with Gasteiger partial charge in [0.05, 0.1) is 0 Å². The lowest BCUT2D eigenvalue weighted by molar-refractivity contribution is 0.346. The van der Waals surface area contributed by atoms with Crippen LogP contribution in [0.3, 0.4) is 0 Å². The molecule has 0 fully saturated rings. The number of rotatable bonds is 5. The van der Waals surface area contributed by atoms with E-state index in [0.717, 1.165) is 38.2 Å². The molecular formula is C17H30N4. The van der Waals surface area contributed by atoms with Crippen LogP contribution in [0.15, 0.2) is 6.20 Å². The minimum absolute atomic E-state index is 0.201. The summed E-state index contributed by atoms with van der Waals surface area (Å²) >= 11 is 0. The molecule has 0 bridgehead atoms. The summed E-state index contributed by atoms with van der Waals surface area (Å²) in [4.78, 5) is 11.5. The average Bonchev–Trinajstić information content (AvgIpc) is 2.41. The molecule has 1 aliphatic rings. The fraction of sp³-hybridized carbons (Fsp3) is 0.765. The molecule has 2 rings (SSSR count). The maximum absolute atomic E-state index is 4.77. The van der Waals surface area contributed by atoms with E-state index in [-0.39, 0.29) is 5.54 Å². The molecule has 0 aliphatic heterocycles. The smallest absolute Gasteiger partial charge is 0.129 e. The van der Waals surface area contributed by atoms with Crippen LogP contribution in [0.5, 0.6) is 0 Å². The van der Waals surface area contributed by atoms with Gasteiger partial charge in [-0.1, -0.05) is 0 Å². The third kappa shape index (κ3) is 5.36. The van der Waals surface area contributed by atoms with E-state index in [1.54, 1.807) is 0 Å². The summed E-state index contributed by atoms with van der Waals surface area (Å²) in [6.45, 7) is 8.78. The number of aromatic nitrogens is 2. The third-order valence-corrected chi connectivity index (χ3v) is 4.01. The molecule has 21 heavy (non-hydrogen) atoms. The zero-order valence-electron chi connectivity index (χ0n) is 14.2. The van der Waals surface area contributed by atoms with Crippen molar-refractivity contribution in [3.63, 3.8) is 0 Å². The summed E-state index contributed by atoms with van der Waals surface area (Å²) in [5.74, 6) is 1.71. The quantitative estimate of drug-likeness (QED) is 0.901. The molecule has 0 radical (unpaired) electrons. The molecule has 0 saturated carbocycles. The fourth-order valence-corrected chi connectivity index (χ4v) is 2.69. The van der Waals surface area contributed by atoms with E-state index in [4.69, 9.17) is 4.98 Å². The van der Waals surface area contributed by atoms with Crippen molar-refractivity contribution in [3.05, 3.63) is 23.3 Å². The number of hydrogen-bond acceptors (Lipinski definition) is 4. The lowest BCUT2D eigenvalue weighted by Gasteiger charge is -2.28. The van der Waals surface area contributed by atoms with Gasteiger partial charge in [0, 0.05) is 30.4 Å². The Labute approximate surface area is 129 Å². The molecule has 4 heteroatoms. The van der Waals surface area contributed by atoms with E-state index in [1.165, 1.54) is 17.7 Å². The number of aryl methyl sites for hydroxylation is 1.